The molecule has 1 aliphatic heterocycles. The largest absolute Gasteiger partial charge is 0.372 e. The molecule has 1 amide bonds. The highest BCUT2D eigenvalue weighted by Crippen LogP contribution is 2.25. The fraction of sp³-hybridized carbons (Fsp3) is 0.550. The second-order valence-corrected chi connectivity index (χ2v) is 7.07. The lowest BCUT2D eigenvalue weighted by Crippen LogP contribution is -2.32. The van der Waals surface area contributed by atoms with Crippen LogP contribution in [-0.4, -0.2) is 19.0 Å². The van der Waals surface area contributed by atoms with Gasteiger partial charge < -0.3 is 10.2 Å². The van der Waals surface area contributed by atoms with E-state index in [0.717, 1.165) is 37.5 Å². The molecule has 1 aromatic carbocycles. The van der Waals surface area contributed by atoms with Gasteiger partial charge in [0.15, 0.2) is 0 Å². The number of benzene rings is 1. The normalized spacial score (nSPS) is 19.5. The van der Waals surface area contributed by atoms with Crippen molar-refractivity contribution in [1.29, 1.82) is 0 Å². The van der Waals surface area contributed by atoms with E-state index in [-0.39, 0.29) is 5.91 Å². The fourth-order valence-corrected chi connectivity index (χ4v) is 3.54. The molecule has 1 saturated carbocycles. The standard InChI is InChI=1S/C20H28N2O/c1-16-11-13-22(14-12-16)19-9-7-18(8-10-19)21-20(23)15-17-5-3-2-4-6-17/h7-10,15-16H,2-6,11-14H2,1H3,(H,21,23). The summed E-state index contributed by atoms with van der Waals surface area (Å²) in [5.74, 6) is 0.860. The number of allylic oxidation sites excluding steroid dienone is 1. The van der Waals surface area contributed by atoms with Gasteiger partial charge in [0, 0.05) is 30.5 Å². The van der Waals surface area contributed by atoms with E-state index >= 15 is 0 Å². The van der Waals surface area contributed by atoms with Crippen LogP contribution in [0.2, 0.25) is 0 Å². The Hall–Kier alpha value is -1.77. The monoisotopic (exact) mass is 312 g/mol. The molecule has 0 spiro atoms. The highest BCUT2D eigenvalue weighted by Gasteiger charge is 2.15. The van der Waals surface area contributed by atoms with Crippen molar-refractivity contribution in [2.75, 3.05) is 23.3 Å². The summed E-state index contributed by atoms with van der Waals surface area (Å²) in [6, 6.07) is 8.29. The van der Waals surface area contributed by atoms with Crippen LogP contribution < -0.4 is 10.2 Å². The summed E-state index contributed by atoms with van der Waals surface area (Å²) < 4.78 is 0. The number of amides is 1. The van der Waals surface area contributed by atoms with Crippen molar-refractivity contribution < 1.29 is 4.79 Å². The topological polar surface area (TPSA) is 32.3 Å². The summed E-state index contributed by atoms with van der Waals surface area (Å²) >= 11 is 0. The van der Waals surface area contributed by atoms with Crippen LogP contribution in [0.5, 0.6) is 0 Å². The Bertz CT molecular complexity index is 546. The summed E-state index contributed by atoms with van der Waals surface area (Å²) in [7, 11) is 0. The van der Waals surface area contributed by atoms with Crippen LogP contribution in [0.1, 0.15) is 51.9 Å². The number of nitrogens with zero attached hydrogens (tertiary/aromatic N) is 1. The maximum atomic E-state index is 12.1. The van der Waals surface area contributed by atoms with Crippen molar-refractivity contribution in [2.45, 2.75) is 51.9 Å². The highest BCUT2D eigenvalue weighted by molar-refractivity contribution is 5.99. The van der Waals surface area contributed by atoms with Gasteiger partial charge in [-0.1, -0.05) is 18.9 Å². The minimum atomic E-state index is 0.0152. The minimum absolute atomic E-state index is 0.0152. The Balaban J connectivity index is 1.55. The average Bonchev–Trinajstić information content (AvgIpc) is 2.57. The zero-order valence-electron chi connectivity index (χ0n) is 14.2. The first kappa shape index (κ1) is 16.1. The first-order valence-corrected chi connectivity index (χ1v) is 9.06. The molecule has 1 saturated heterocycles. The number of rotatable bonds is 3. The number of hydrogen-bond acceptors (Lipinski definition) is 2. The van der Waals surface area contributed by atoms with Gasteiger partial charge in [-0.15, -0.1) is 0 Å². The Morgan fingerprint density at radius 3 is 2.39 bits per heavy atom. The molecule has 3 rings (SSSR count). The lowest BCUT2D eigenvalue weighted by atomic mass is 9.94. The second-order valence-electron chi connectivity index (χ2n) is 7.07. The molecule has 3 heteroatoms. The predicted octanol–water partition coefficient (Wildman–Crippen LogP) is 4.75. The molecule has 1 heterocycles. The molecular formula is C20H28N2O. The van der Waals surface area contributed by atoms with Crippen LogP contribution in [0, 0.1) is 5.92 Å². The zero-order chi connectivity index (χ0) is 16.1. The zero-order valence-corrected chi connectivity index (χ0v) is 14.2. The number of anilines is 2. The number of piperidine rings is 1. The first-order chi connectivity index (χ1) is 11.2. The number of nitrogens with one attached hydrogen (secondary N) is 1. The summed E-state index contributed by atoms with van der Waals surface area (Å²) in [4.78, 5) is 14.5. The van der Waals surface area contributed by atoms with Crippen molar-refractivity contribution in [2.24, 2.45) is 5.92 Å². The molecule has 0 bridgehead atoms. The smallest absolute Gasteiger partial charge is 0.248 e. The molecule has 2 aliphatic rings. The van der Waals surface area contributed by atoms with Crippen molar-refractivity contribution in [3.63, 3.8) is 0 Å². The number of carbonyl (C=O) groups excluding carboxylic acids is 1. The summed E-state index contributed by atoms with van der Waals surface area (Å²) in [6.45, 7) is 4.61. The van der Waals surface area contributed by atoms with Crippen LogP contribution in [0.15, 0.2) is 35.9 Å². The third-order valence-corrected chi connectivity index (χ3v) is 5.11. The summed E-state index contributed by atoms with van der Waals surface area (Å²) in [6.07, 6.45) is 10.3. The van der Waals surface area contributed by atoms with Crippen molar-refractivity contribution in [3.05, 3.63) is 35.9 Å². The molecule has 1 N–H and O–H groups in total. The van der Waals surface area contributed by atoms with Crippen LogP contribution in [0.4, 0.5) is 11.4 Å². The Morgan fingerprint density at radius 2 is 1.74 bits per heavy atom. The Morgan fingerprint density at radius 1 is 1.09 bits per heavy atom. The first-order valence-electron chi connectivity index (χ1n) is 9.06. The van der Waals surface area contributed by atoms with Crippen LogP contribution in [0.25, 0.3) is 0 Å². The van der Waals surface area contributed by atoms with Gasteiger partial charge in [-0.05, 0) is 68.7 Å². The summed E-state index contributed by atoms with van der Waals surface area (Å²) in [5, 5.41) is 2.99. The number of carbonyl (C=O) groups is 1. The van der Waals surface area contributed by atoms with Gasteiger partial charge in [0.2, 0.25) is 5.91 Å². The highest BCUT2D eigenvalue weighted by atomic mass is 16.1. The maximum Gasteiger partial charge on any atom is 0.248 e. The molecular weight excluding hydrogens is 284 g/mol. The van der Waals surface area contributed by atoms with Gasteiger partial charge in [-0.25, -0.2) is 0 Å². The van der Waals surface area contributed by atoms with E-state index < -0.39 is 0 Å². The molecule has 0 atom stereocenters. The molecule has 0 radical (unpaired) electrons. The van der Waals surface area contributed by atoms with E-state index in [0.29, 0.717) is 0 Å². The van der Waals surface area contributed by atoms with Gasteiger partial charge in [-0.2, -0.15) is 0 Å². The Kier molecular flexibility index (Phi) is 5.37. The molecule has 1 aliphatic carbocycles. The van der Waals surface area contributed by atoms with Crippen LogP contribution in [0.3, 0.4) is 0 Å². The molecule has 1 aromatic rings. The van der Waals surface area contributed by atoms with E-state index in [9.17, 15) is 4.79 Å². The van der Waals surface area contributed by atoms with Gasteiger partial charge in [0.05, 0.1) is 0 Å². The lowest BCUT2D eigenvalue weighted by molar-refractivity contribution is -0.112. The molecule has 3 nitrogen and oxygen atoms in total. The summed E-state index contributed by atoms with van der Waals surface area (Å²) in [5.41, 5.74) is 3.45. The molecule has 0 aromatic heterocycles. The number of hydrogen-bond donors (Lipinski definition) is 1. The van der Waals surface area contributed by atoms with E-state index in [2.05, 4.69) is 29.3 Å². The third kappa shape index (κ3) is 4.60. The van der Waals surface area contributed by atoms with Gasteiger partial charge in [0.1, 0.15) is 0 Å². The molecule has 2 fully saturated rings. The van der Waals surface area contributed by atoms with Crippen molar-refractivity contribution in [3.8, 4) is 0 Å². The van der Waals surface area contributed by atoms with Gasteiger partial charge in [0.25, 0.3) is 0 Å². The quantitative estimate of drug-likeness (QED) is 0.817. The van der Waals surface area contributed by atoms with E-state index in [1.165, 1.54) is 43.4 Å². The average molecular weight is 312 g/mol. The Labute approximate surface area is 139 Å². The fourth-order valence-electron chi connectivity index (χ4n) is 3.54. The van der Waals surface area contributed by atoms with Crippen LogP contribution in [-0.2, 0) is 4.79 Å². The van der Waals surface area contributed by atoms with Gasteiger partial charge >= 0.3 is 0 Å². The lowest BCUT2D eigenvalue weighted by Gasteiger charge is -2.32. The minimum Gasteiger partial charge on any atom is -0.372 e. The molecule has 124 valence electrons. The SMILES string of the molecule is CC1CCN(c2ccc(NC(=O)C=C3CCCCC3)cc2)CC1. The molecule has 23 heavy (non-hydrogen) atoms. The van der Waals surface area contributed by atoms with Crippen molar-refractivity contribution in [1.82, 2.24) is 0 Å². The van der Waals surface area contributed by atoms with E-state index in [1.54, 1.807) is 6.08 Å². The second kappa shape index (κ2) is 7.67. The molecule has 0 unspecified atom stereocenters. The maximum absolute atomic E-state index is 12.1. The van der Waals surface area contributed by atoms with E-state index in [4.69, 9.17) is 0 Å². The van der Waals surface area contributed by atoms with Crippen LogP contribution >= 0.6 is 0 Å². The van der Waals surface area contributed by atoms with Crippen molar-refractivity contribution >= 4 is 17.3 Å². The van der Waals surface area contributed by atoms with E-state index in [1.807, 2.05) is 12.1 Å². The third-order valence-electron chi connectivity index (χ3n) is 5.11. The van der Waals surface area contributed by atoms with Gasteiger partial charge in [-0.3, -0.25) is 4.79 Å². The predicted molar refractivity (Wildman–Crippen MR) is 96.9 cm³/mol.